The molecule has 0 aliphatic heterocycles. The maximum absolute atomic E-state index is 12.9. The summed E-state index contributed by atoms with van der Waals surface area (Å²) in [5, 5.41) is 2.65. The number of nitrogens with one attached hydrogen (secondary N) is 1. The van der Waals surface area contributed by atoms with Crippen molar-refractivity contribution >= 4 is 17.6 Å². The van der Waals surface area contributed by atoms with Crippen LogP contribution in [0.2, 0.25) is 0 Å². The lowest BCUT2D eigenvalue weighted by Gasteiger charge is -2.22. The van der Waals surface area contributed by atoms with Crippen LogP contribution in [0.3, 0.4) is 0 Å². The molecule has 0 saturated heterocycles. The fourth-order valence-corrected chi connectivity index (χ4v) is 2.51. The molecular formula is C20H24N2O4. The molecule has 2 aromatic rings. The van der Waals surface area contributed by atoms with E-state index in [0.29, 0.717) is 17.0 Å². The van der Waals surface area contributed by atoms with E-state index in [0.717, 1.165) is 5.56 Å². The van der Waals surface area contributed by atoms with E-state index in [4.69, 9.17) is 15.2 Å². The molecule has 0 saturated carbocycles. The maximum Gasteiger partial charge on any atom is 0.408 e. The van der Waals surface area contributed by atoms with Gasteiger partial charge in [-0.25, -0.2) is 4.79 Å². The van der Waals surface area contributed by atoms with Gasteiger partial charge in [0, 0.05) is 5.69 Å². The van der Waals surface area contributed by atoms with Crippen molar-refractivity contribution in [2.45, 2.75) is 26.5 Å². The van der Waals surface area contributed by atoms with Gasteiger partial charge in [-0.2, -0.15) is 0 Å². The summed E-state index contributed by atoms with van der Waals surface area (Å²) in [6.07, 6.45) is -0.649. The van der Waals surface area contributed by atoms with Gasteiger partial charge in [-0.3, -0.25) is 4.79 Å². The highest BCUT2D eigenvalue weighted by Gasteiger charge is 2.28. The molecule has 6 nitrogen and oxygen atoms in total. The third-order valence-electron chi connectivity index (χ3n) is 3.92. The van der Waals surface area contributed by atoms with Crippen LogP contribution in [0.15, 0.2) is 48.5 Å². The maximum atomic E-state index is 12.9. The Morgan fingerprint density at radius 2 is 1.81 bits per heavy atom. The average molecular weight is 356 g/mol. The first-order valence-electron chi connectivity index (χ1n) is 8.37. The zero-order valence-corrected chi connectivity index (χ0v) is 15.2. The van der Waals surface area contributed by atoms with Crippen LogP contribution in [0.4, 0.5) is 10.5 Å². The number of hydrogen-bond donors (Lipinski definition) is 2. The second kappa shape index (κ2) is 8.89. The van der Waals surface area contributed by atoms with Crippen molar-refractivity contribution in [1.82, 2.24) is 5.32 Å². The third-order valence-corrected chi connectivity index (χ3v) is 3.92. The number of methoxy groups -OCH3 is 1. The van der Waals surface area contributed by atoms with Gasteiger partial charge in [-0.1, -0.05) is 44.2 Å². The number of nitrogen functional groups attached to an aromatic ring is 1. The SMILES string of the molecule is COc1ccc(N)cc1C(=O)C(NC(=O)OCc1ccccc1)C(C)C. The van der Waals surface area contributed by atoms with Gasteiger partial charge < -0.3 is 20.5 Å². The van der Waals surface area contributed by atoms with Crippen LogP contribution in [-0.4, -0.2) is 25.0 Å². The summed E-state index contributed by atoms with van der Waals surface area (Å²) in [5.74, 6) is -0.00646. The summed E-state index contributed by atoms with van der Waals surface area (Å²) >= 11 is 0. The van der Waals surface area contributed by atoms with Crippen LogP contribution in [0.25, 0.3) is 0 Å². The topological polar surface area (TPSA) is 90.6 Å². The van der Waals surface area contributed by atoms with Crippen molar-refractivity contribution < 1.29 is 19.1 Å². The van der Waals surface area contributed by atoms with Gasteiger partial charge in [-0.05, 0) is 29.7 Å². The van der Waals surface area contributed by atoms with Crippen LogP contribution in [0.1, 0.15) is 29.8 Å². The molecule has 138 valence electrons. The minimum Gasteiger partial charge on any atom is -0.496 e. The lowest BCUT2D eigenvalue weighted by atomic mass is 9.94. The smallest absolute Gasteiger partial charge is 0.408 e. The highest BCUT2D eigenvalue weighted by Crippen LogP contribution is 2.24. The molecule has 1 amide bonds. The zero-order chi connectivity index (χ0) is 19.1. The van der Waals surface area contributed by atoms with E-state index in [1.165, 1.54) is 7.11 Å². The van der Waals surface area contributed by atoms with Crippen molar-refractivity contribution in [1.29, 1.82) is 0 Å². The lowest BCUT2D eigenvalue weighted by molar-refractivity contribution is 0.0883. The first-order valence-corrected chi connectivity index (χ1v) is 8.37. The van der Waals surface area contributed by atoms with Gasteiger partial charge in [0.05, 0.1) is 18.7 Å². The minimum absolute atomic E-state index is 0.132. The molecule has 6 heteroatoms. The van der Waals surface area contributed by atoms with Crippen LogP contribution < -0.4 is 15.8 Å². The molecule has 0 radical (unpaired) electrons. The standard InChI is InChI=1S/C20H24N2O4/c1-13(2)18(19(23)16-11-15(21)9-10-17(16)25-3)22-20(24)26-12-14-7-5-4-6-8-14/h4-11,13,18H,12,21H2,1-3H3,(H,22,24). The van der Waals surface area contributed by atoms with E-state index in [1.807, 2.05) is 44.2 Å². The Morgan fingerprint density at radius 1 is 1.12 bits per heavy atom. The molecule has 3 N–H and O–H groups in total. The summed E-state index contributed by atoms with van der Waals surface area (Å²) in [6.45, 7) is 3.82. The van der Waals surface area contributed by atoms with Crippen molar-refractivity contribution in [2.75, 3.05) is 12.8 Å². The number of nitrogens with two attached hydrogens (primary N) is 1. The van der Waals surface area contributed by atoms with Gasteiger partial charge in [0.2, 0.25) is 0 Å². The Labute approximate surface area is 153 Å². The Bertz CT molecular complexity index is 760. The molecule has 0 bridgehead atoms. The number of hydrogen-bond acceptors (Lipinski definition) is 5. The van der Waals surface area contributed by atoms with Gasteiger partial charge >= 0.3 is 6.09 Å². The first-order chi connectivity index (χ1) is 12.4. The van der Waals surface area contributed by atoms with Crippen molar-refractivity contribution in [3.05, 3.63) is 59.7 Å². The second-order valence-electron chi connectivity index (χ2n) is 6.25. The number of amides is 1. The molecular weight excluding hydrogens is 332 g/mol. The van der Waals surface area contributed by atoms with E-state index in [9.17, 15) is 9.59 Å². The number of anilines is 1. The summed E-state index contributed by atoms with van der Waals surface area (Å²) in [5.41, 5.74) is 7.43. The molecule has 0 spiro atoms. The summed E-state index contributed by atoms with van der Waals surface area (Å²) in [7, 11) is 1.48. The first kappa shape index (κ1) is 19.3. The molecule has 1 atom stereocenters. The van der Waals surface area contributed by atoms with Gasteiger partial charge in [-0.15, -0.1) is 0 Å². The van der Waals surface area contributed by atoms with Crippen LogP contribution in [0, 0.1) is 5.92 Å². The predicted molar refractivity (Wildman–Crippen MR) is 100 cm³/mol. The van der Waals surface area contributed by atoms with Gasteiger partial charge in [0.25, 0.3) is 0 Å². The number of alkyl carbamates (subject to hydrolysis) is 1. The monoisotopic (exact) mass is 356 g/mol. The molecule has 0 aliphatic carbocycles. The average Bonchev–Trinajstić information content (AvgIpc) is 2.64. The Balaban J connectivity index is 2.09. The molecule has 0 fully saturated rings. The summed E-state index contributed by atoms with van der Waals surface area (Å²) < 4.78 is 10.5. The Kier molecular flexibility index (Phi) is 6.60. The number of carbonyl (C=O) groups is 2. The minimum atomic E-state index is -0.756. The normalized spacial score (nSPS) is 11.7. The largest absolute Gasteiger partial charge is 0.496 e. The van der Waals surface area contributed by atoms with Crippen LogP contribution in [0.5, 0.6) is 5.75 Å². The number of carbonyl (C=O) groups excluding carboxylic acids is 2. The second-order valence-corrected chi connectivity index (χ2v) is 6.25. The van der Waals surface area contributed by atoms with Crippen molar-refractivity contribution in [3.8, 4) is 5.75 Å². The highest BCUT2D eigenvalue weighted by atomic mass is 16.5. The van der Waals surface area contributed by atoms with E-state index in [-0.39, 0.29) is 18.3 Å². The molecule has 2 rings (SSSR count). The van der Waals surface area contributed by atoms with Gasteiger partial charge in [0.15, 0.2) is 5.78 Å². The summed E-state index contributed by atoms with van der Waals surface area (Å²) in [6, 6.07) is 13.4. The van der Waals surface area contributed by atoms with Crippen LogP contribution >= 0.6 is 0 Å². The van der Waals surface area contributed by atoms with Crippen LogP contribution in [-0.2, 0) is 11.3 Å². The van der Waals surface area contributed by atoms with E-state index < -0.39 is 12.1 Å². The van der Waals surface area contributed by atoms with E-state index in [1.54, 1.807) is 18.2 Å². The molecule has 2 aromatic carbocycles. The quantitative estimate of drug-likeness (QED) is 0.586. The molecule has 1 unspecified atom stereocenters. The number of Topliss-reactive ketones (excluding diaryl/α,β-unsaturated/α-hetero) is 1. The van der Waals surface area contributed by atoms with Crippen molar-refractivity contribution in [3.63, 3.8) is 0 Å². The molecule has 0 aliphatic rings. The fourth-order valence-electron chi connectivity index (χ4n) is 2.51. The third kappa shape index (κ3) is 4.99. The number of rotatable bonds is 7. The Morgan fingerprint density at radius 3 is 2.42 bits per heavy atom. The highest BCUT2D eigenvalue weighted by molar-refractivity contribution is 6.04. The fraction of sp³-hybridized carbons (Fsp3) is 0.300. The molecule has 0 heterocycles. The van der Waals surface area contributed by atoms with E-state index >= 15 is 0 Å². The lowest BCUT2D eigenvalue weighted by Crippen LogP contribution is -2.44. The number of benzene rings is 2. The number of ketones is 1. The summed E-state index contributed by atoms with van der Waals surface area (Å²) in [4.78, 5) is 25.1. The van der Waals surface area contributed by atoms with Crippen molar-refractivity contribution in [2.24, 2.45) is 5.92 Å². The molecule has 0 aromatic heterocycles. The Hall–Kier alpha value is -3.02. The predicted octanol–water partition coefficient (Wildman–Crippen LogP) is 3.41. The van der Waals surface area contributed by atoms with Gasteiger partial charge in [0.1, 0.15) is 12.4 Å². The zero-order valence-electron chi connectivity index (χ0n) is 15.2. The number of ether oxygens (including phenoxy) is 2. The molecule has 26 heavy (non-hydrogen) atoms. The van der Waals surface area contributed by atoms with E-state index in [2.05, 4.69) is 5.32 Å².